The second-order valence-electron chi connectivity index (χ2n) is 10.0. The van der Waals surface area contributed by atoms with Crippen molar-refractivity contribution in [3.8, 4) is 11.1 Å². The van der Waals surface area contributed by atoms with Crippen molar-refractivity contribution in [3.05, 3.63) is 83.5 Å². The van der Waals surface area contributed by atoms with E-state index < -0.39 is 12.3 Å². The fourth-order valence-corrected chi connectivity index (χ4v) is 4.64. The molecule has 10 heteroatoms. The van der Waals surface area contributed by atoms with Crippen LogP contribution in [0.5, 0.6) is 0 Å². The number of amides is 2. The SMILES string of the molecule is [C-]#[N+][C@@H]1C[C@H](F)CN1C/C=C/C(=O)Nc1ccc(-c2cccc([C@H](C)C(=O)Nc3cc(C4CC4)[nH]n3)c2)cn1. The van der Waals surface area contributed by atoms with Gasteiger partial charge in [0.05, 0.1) is 12.3 Å². The second-order valence-corrected chi connectivity index (χ2v) is 10.0. The van der Waals surface area contributed by atoms with Crippen molar-refractivity contribution in [2.45, 2.75) is 50.4 Å². The number of nitrogens with zero attached hydrogens (tertiary/aromatic N) is 4. The predicted octanol–water partition coefficient (Wildman–Crippen LogP) is 4.88. The van der Waals surface area contributed by atoms with Crippen LogP contribution in [-0.4, -0.2) is 57.3 Å². The van der Waals surface area contributed by atoms with Gasteiger partial charge >= 0.3 is 0 Å². The lowest BCUT2D eigenvalue weighted by Gasteiger charge is -2.13. The maximum Gasteiger partial charge on any atom is 0.282 e. The molecule has 3 heterocycles. The maximum absolute atomic E-state index is 13.5. The van der Waals surface area contributed by atoms with Crippen LogP contribution in [0.15, 0.2) is 60.8 Å². The quantitative estimate of drug-likeness (QED) is 0.272. The van der Waals surface area contributed by atoms with Gasteiger partial charge in [-0.05, 0) is 43.0 Å². The van der Waals surface area contributed by atoms with Gasteiger partial charge in [-0.25, -0.2) is 20.8 Å². The number of carbonyl (C=O) groups excluding carboxylic acids is 2. The normalized spacial score (nSPS) is 20.0. The van der Waals surface area contributed by atoms with Gasteiger partial charge in [-0.15, -0.1) is 0 Å². The minimum atomic E-state index is -1.00. The van der Waals surface area contributed by atoms with Crippen LogP contribution in [0.1, 0.15) is 49.3 Å². The lowest BCUT2D eigenvalue weighted by Crippen LogP contribution is -2.27. The molecule has 1 aliphatic carbocycles. The van der Waals surface area contributed by atoms with Crippen molar-refractivity contribution in [1.29, 1.82) is 0 Å². The van der Waals surface area contributed by atoms with Crippen molar-refractivity contribution < 1.29 is 14.0 Å². The van der Waals surface area contributed by atoms with E-state index in [2.05, 4.69) is 30.7 Å². The van der Waals surface area contributed by atoms with E-state index in [9.17, 15) is 14.0 Å². The van der Waals surface area contributed by atoms with Gasteiger partial charge in [0.2, 0.25) is 11.8 Å². The molecule has 1 aromatic carbocycles. The zero-order valence-electron chi connectivity index (χ0n) is 21.6. The molecule has 39 heavy (non-hydrogen) atoms. The summed E-state index contributed by atoms with van der Waals surface area (Å²) < 4.78 is 13.5. The summed E-state index contributed by atoms with van der Waals surface area (Å²) in [5.74, 6) is 0.598. The number of likely N-dealkylation sites (tertiary alicyclic amines) is 1. The Bertz CT molecular complexity index is 1410. The third kappa shape index (κ3) is 6.56. The smallest absolute Gasteiger partial charge is 0.282 e. The fourth-order valence-electron chi connectivity index (χ4n) is 4.64. The predicted molar refractivity (Wildman–Crippen MR) is 147 cm³/mol. The summed E-state index contributed by atoms with van der Waals surface area (Å²) in [5.41, 5.74) is 3.68. The number of anilines is 2. The molecule has 1 saturated carbocycles. The van der Waals surface area contributed by atoms with Gasteiger partial charge in [-0.2, -0.15) is 5.10 Å². The number of rotatable bonds is 9. The zero-order chi connectivity index (χ0) is 27.4. The molecule has 5 rings (SSSR count). The van der Waals surface area contributed by atoms with E-state index in [1.807, 2.05) is 43.3 Å². The molecule has 0 spiro atoms. The minimum Gasteiger partial charge on any atom is -0.309 e. The summed E-state index contributed by atoms with van der Waals surface area (Å²) in [4.78, 5) is 34.6. The van der Waals surface area contributed by atoms with Gasteiger partial charge < -0.3 is 10.6 Å². The molecule has 2 aliphatic rings. The zero-order valence-corrected chi connectivity index (χ0v) is 21.6. The Morgan fingerprint density at radius 3 is 2.79 bits per heavy atom. The van der Waals surface area contributed by atoms with E-state index >= 15 is 0 Å². The first kappa shape index (κ1) is 26.3. The lowest BCUT2D eigenvalue weighted by molar-refractivity contribution is -0.117. The summed E-state index contributed by atoms with van der Waals surface area (Å²) >= 11 is 0. The number of nitrogens with one attached hydrogen (secondary N) is 3. The summed E-state index contributed by atoms with van der Waals surface area (Å²) in [6.45, 7) is 9.56. The standard InChI is InChI=1S/C29H30FN7O2/c1-18(29(39)34-26-15-24(35-36-26)19-8-9-19)20-5-3-6-21(13-20)22-10-11-25(32-16-22)33-28(38)7-4-12-37-17-23(30)14-27(37)31-2/h3-7,10-11,13,15-16,18-19,23,27H,8-9,12,14,17H2,1H3,(H,32,33,38)(H2,34,35,36,39)/b7-4+/t18-,23-,27-/m0/s1. The molecule has 0 unspecified atom stereocenters. The van der Waals surface area contributed by atoms with Crippen LogP contribution >= 0.6 is 0 Å². The molecule has 0 bridgehead atoms. The molecule has 3 aromatic rings. The topological polar surface area (TPSA) is 107 Å². The van der Waals surface area contributed by atoms with Crippen LogP contribution in [0.4, 0.5) is 16.0 Å². The Morgan fingerprint density at radius 2 is 2.05 bits per heavy atom. The van der Waals surface area contributed by atoms with Crippen molar-refractivity contribution in [2.24, 2.45) is 0 Å². The van der Waals surface area contributed by atoms with E-state index in [1.165, 1.54) is 6.08 Å². The molecule has 2 aromatic heterocycles. The van der Waals surface area contributed by atoms with E-state index in [0.29, 0.717) is 24.1 Å². The van der Waals surface area contributed by atoms with Gasteiger partial charge in [0.25, 0.3) is 6.17 Å². The minimum absolute atomic E-state index is 0.135. The maximum atomic E-state index is 13.5. The summed E-state index contributed by atoms with van der Waals surface area (Å²) in [5, 5.41) is 12.8. The fraction of sp³-hybridized carbons (Fsp3) is 0.345. The summed E-state index contributed by atoms with van der Waals surface area (Å²) in [6.07, 6.45) is 5.70. The average molecular weight is 528 g/mol. The van der Waals surface area contributed by atoms with Crippen molar-refractivity contribution >= 4 is 23.5 Å². The number of halogens is 1. The van der Waals surface area contributed by atoms with E-state index in [0.717, 1.165) is 35.2 Å². The number of hydrogen-bond acceptors (Lipinski definition) is 5. The van der Waals surface area contributed by atoms with Crippen LogP contribution in [0.2, 0.25) is 0 Å². The van der Waals surface area contributed by atoms with Crippen LogP contribution in [-0.2, 0) is 9.59 Å². The second kappa shape index (κ2) is 11.6. The highest BCUT2D eigenvalue weighted by atomic mass is 19.1. The number of aromatic nitrogens is 3. The molecular weight excluding hydrogens is 497 g/mol. The summed E-state index contributed by atoms with van der Waals surface area (Å²) in [6, 6.07) is 13.2. The van der Waals surface area contributed by atoms with E-state index in [-0.39, 0.29) is 30.7 Å². The molecule has 1 aliphatic heterocycles. The first-order valence-electron chi connectivity index (χ1n) is 13.0. The number of hydrogen-bond donors (Lipinski definition) is 3. The van der Waals surface area contributed by atoms with Gasteiger partial charge in [0.1, 0.15) is 12.0 Å². The molecule has 3 atom stereocenters. The highest BCUT2D eigenvalue weighted by Crippen LogP contribution is 2.39. The Morgan fingerprint density at radius 1 is 1.21 bits per heavy atom. The number of carbonyl (C=O) groups is 2. The van der Waals surface area contributed by atoms with Crippen LogP contribution in [0.3, 0.4) is 0 Å². The van der Waals surface area contributed by atoms with Crippen molar-refractivity contribution in [2.75, 3.05) is 23.7 Å². The monoisotopic (exact) mass is 527 g/mol. The lowest BCUT2D eigenvalue weighted by atomic mass is 9.96. The molecule has 2 amide bonds. The number of benzene rings is 1. The number of alkyl halides is 1. The average Bonchev–Trinajstić information content (AvgIpc) is 3.58. The Balaban J connectivity index is 1.16. The van der Waals surface area contributed by atoms with Gasteiger partial charge in [0.15, 0.2) is 5.82 Å². The first-order chi connectivity index (χ1) is 18.9. The Hall–Kier alpha value is -4.36. The molecular formula is C29H30FN7O2. The van der Waals surface area contributed by atoms with Crippen LogP contribution in [0.25, 0.3) is 16.0 Å². The van der Waals surface area contributed by atoms with E-state index in [1.54, 1.807) is 23.2 Å². The molecule has 9 nitrogen and oxygen atoms in total. The largest absolute Gasteiger partial charge is 0.309 e. The number of H-pyrrole nitrogens is 1. The van der Waals surface area contributed by atoms with Crippen molar-refractivity contribution in [3.63, 3.8) is 0 Å². The highest BCUT2D eigenvalue weighted by molar-refractivity contribution is 5.98. The summed E-state index contributed by atoms with van der Waals surface area (Å²) in [7, 11) is 0. The highest BCUT2D eigenvalue weighted by Gasteiger charge is 2.35. The first-order valence-corrected chi connectivity index (χ1v) is 13.0. The number of pyridine rings is 1. The molecule has 1 saturated heterocycles. The Labute approximate surface area is 226 Å². The molecule has 0 radical (unpaired) electrons. The van der Waals surface area contributed by atoms with E-state index in [4.69, 9.17) is 6.57 Å². The molecule has 2 fully saturated rings. The van der Waals surface area contributed by atoms with Gasteiger partial charge in [0, 0.05) is 48.6 Å². The van der Waals surface area contributed by atoms with Crippen LogP contribution < -0.4 is 10.6 Å². The molecule has 3 N–H and O–H groups in total. The van der Waals surface area contributed by atoms with Crippen molar-refractivity contribution in [1.82, 2.24) is 20.1 Å². The van der Waals surface area contributed by atoms with Gasteiger partial charge in [-0.1, -0.05) is 30.3 Å². The Kier molecular flexibility index (Phi) is 7.79. The number of aromatic amines is 1. The van der Waals surface area contributed by atoms with Gasteiger partial charge in [-0.3, -0.25) is 19.5 Å². The third-order valence-corrected chi connectivity index (χ3v) is 7.07. The molecule has 200 valence electrons. The van der Waals surface area contributed by atoms with Crippen LogP contribution in [0, 0.1) is 6.57 Å². The third-order valence-electron chi connectivity index (χ3n) is 7.07.